The van der Waals surface area contributed by atoms with Crippen molar-refractivity contribution in [3.8, 4) is 5.75 Å². The summed E-state index contributed by atoms with van der Waals surface area (Å²) in [6.07, 6.45) is 4.42. The number of β-amino-alcohol motifs (C(OH)–C–C–N with tert-alkyl or cyclic N) is 1. The number of phenolic OH excluding ortho intramolecular Hbond substituents is 1. The molecule has 2 fully saturated rings. The third kappa shape index (κ3) is 2.65. The third-order valence-corrected chi connectivity index (χ3v) is 7.76. The highest BCUT2D eigenvalue weighted by Gasteiger charge is 2.58. The molecule has 4 nitrogen and oxygen atoms in total. The SMILES string of the molecule is Oc1cccc(C23CCN(CC4CC4)CC2(O)Cc2c([nH]c4cccc(F)c24)C3)c1. The number of nitrogens with one attached hydrogen (secondary N) is 1. The first-order valence-corrected chi connectivity index (χ1v) is 11.0. The molecule has 2 aliphatic carbocycles. The van der Waals surface area contributed by atoms with Crippen LogP contribution in [-0.2, 0) is 18.3 Å². The van der Waals surface area contributed by atoms with Gasteiger partial charge in [-0.25, -0.2) is 4.39 Å². The normalized spacial score (nSPS) is 29.0. The zero-order chi connectivity index (χ0) is 20.5. The Labute approximate surface area is 175 Å². The Morgan fingerprint density at radius 1 is 1.13 bits per heavy atom. The number of fused-ring (bicyclic) bond motifs is 4. The highest BCUT2D eigenvalue weighted by molar-refractivity contribution is 5.86. The minimum atomic E-state index is -1.02. The lowest BCUT2D eigenvalue weighted by atomic mass is 9.56. The van der Waals surface area contributed by atoms with Crippen molar-refractivity contribution in [2.75, 3.05) is 19.6 Å². The van der Waals surface area contributed by atoms with Crippen LogP contribution in [0.25, 0.3) is 10.9 Å². The maximum Gasteiger partial charge on any atom is 0.132 e. The Kier molecular flexibility index (Phi) is 3.87. The van der Waals surface area contributed by atoms with Crippen molar-refractivity contribution in [3.63, 3.8) is 0 Å². The maximum absolute atomic E-state index is 14.7. The molecule has 0 spiro atoms. The first-order chi connectivity index (χ1) is 14.5. The van der Waals surface area contributed by atoms with Gasteiger partial charge in [0, 0.05) is 47.9 Å². The zero-order valence-corrected chi connectivity index (χ0v) is 17.0. The van der Waals surface area contributed by atoms with E-state index in [-0.39, 0.29) is 11.6 Å². The molecule has 0 radical (unpaired) electrons. The summed E-state index contributed by atoms with van der Waals surface area (Å²) in [5.74, 6) is 0.744. The summed E-state index contributed by atoms with van der Waals surface area (Å²) in [6.45, 7) is 2.55. The lowest BCUT2D eigenvalue weighted by molar-refractivity contribution is -0.103. The van der Waals surface area contributed by atoms with Crippen molar-refractivity contribution in [2.45, 2.75) is 43.1 Å². The number of H-pyrrole nitrogens is 1. The predicted octanol–water partition coefficient (Wildman–Crippen LogP) is 3.90. The molecular weight excluding hydrogens is 379 g/mol. The third-order valence-electron chi connectivity index (χ3n) is 7.76. The molecule has 5 heteroatoms. The first kappa shape index (κ1) is 18.4. The van der Waals surface area contributed by atoms with Gasteiger partial charge in [0.05, 0.1) is 5.60 Å². The number of rotatable bonds is 3. The van der Waals surface area contributed by atoms with Crippen molar-refractivity contribution in [1.82, 2.24) is 9.88 Å². The summed E-state index contributed by atoms with van der Waals surface area (Å²) < 4.78 is 14.7. The number of likely N-dealkylation sites (tertiary alicyclic amines) is 1. The Bertz CT molecular complexity index is 1140. The van der Waals surface area contributed by atoms with Crippen LogP contribution in [0.1, 0.15) is 36.1 Å². The zero-order valence-electron chi connectivity index (χ0n) is 17.0. The fourth-order valence-electron chi connectivity index (χ4n) is 6.06. The standard InChI is InChI=1S/C25H27FN2O2/c26-20-5-2-6-21-23(20)19-12-25(30)15-28(14-16-7-8-16)10-9-24(25,13-22(19)27-21)17-3-1-4-18(29)11-17/h1-6,11,16,27,29-30H,7-10,12-15H2. The van der Waals surface area contributed by atoms with Gasteiger partial charge in [-0.1, -0.05) is 18.2 Å². The van der Waals surface area contributed by atoms with Gasteiger partial charge in [0.1, 0.15) is 11.6 Å². The van der Waals surface area contributed by atoms with Crippen LogP contribution in [0.2, 0.25) is 0 Å². The molecule has 1 aliphatic heterocycles. The van der Waals surface area contributed by atoms with Gasteiger partial charge in [0.2, 0.25) is 0 Å². The van der Waals surface area contributed by atoms with Crippen LogP contribution in [0.3, 0.4) is 0 Å². The smallest absolute Gasteiger partial charge is 0.132 e. The van der Waals surface area contributed by atoms with Gasteiger partial charge in [0.25, 0.3) is 0 Å². The lowest BCUT2D eigenvalue weighted by Gasteiger charge is -2.56. The summed E-state index contributed by atoms with van der Waals surface area (Å²) in [5, 5.41) is 23.1. The number of hydrogen-bond acceptors (Lipinski definition) is 3. The van der Waals surface area contributed by atoms with Gasteiger partial charge >= 0.3 is 0 Å². The molecule has 30 heavy (non-hydrogen) atoms. The second-order valence-corrected chi connectivity index (χ2v) is 9.69. The highest BCUT2D eigenvalue weighted by atomic mass is 19.1. The van der Waals surface area contributed by atoms with E-state index in [4.69, 9.17) is 0 Å². The van der Waals surface area contributed by atoms with Gasteiger partial charge in [-0.05, 0) is 67.1 Å². The van der Waals surface area contributed by atoms with Crippen molar-refractivity contribution in [3.05, 3.63) is 65.1 Å². The predicted molar refractivity (Wildman–Crippen MR) is 114 cm³/mol. The van der Waals surface area contributed by atoms with Crippen molar-refractivity contribution < 1.29 is 14.6 Å². The number of phenols is 1. The molecule has 3 aromatic rings. The Hall–Kier alpha value is -2.37. The van der Waals surface area contributed by atoms with Crippen LogP contribution in [0.5, 0.6) is 5.75 Å². The molecule has 3 aliphatic rings. The van der Waals surface area contributed by atoms with Crippen molar-refractivity contribution in [1.29, 1.82) is 0 Å². The number of nitrogens with zero attached hydrogens (tertiary/aromatic N) is 1. The molecule has 3 N–H and O–H groups in total. The highest BCUT2D eigenvalue weighted by Crippen LogP contribution is 2.52. The second kappa shape index (κ2) is 6.32. The van der Waals surface area contributed by atoms with Crippen LogP contribution in [0.4, 0.5) is 4.39 Å². The van der Waals surface area contributed by atoms with Crippen LogP contribution < -0.4 is 0 Å². The van der Waals surface area contributed by atoms with Crippen molar-refractivity contribution in [2.24, 2.45) is 5.92 Å². The van der Waals surface area contributed by atoms with E-state index in [0.717, 1.165) is 47.8 Å². The summed E-state index contributed by atoms with van der Waals surface area (Å²) in [6, 6.07) is 12.5. The lowest BCUT2D eigenvalue weighted by Crippen LogP contribution is -2.66. The van der Waals surface area contributed by atoms with E-state index in [0.29, 0.717) is 24.8 Å². The molecular formula is C25H27FN2O2. The number of hydrogen-bond donors (Lipinski definition) is 3. The van der Waals surface area contributed by atoms with Crippen LogP contribution in [0, 0.1) is 11.7 Å². The quantitative estimate of drug-likeness (QED) is 0.618. The Morgan fingerprint density at radius 2 is 1.97 bits per heavy atom. The van der Waals surface area contributed by atoms with Gasteiger partial charge in [-0.3, -0.25) is 0 Å². The number of aromatic amines is 1. The van der Waals surface area contributed by atoms with Gasteiger partial charge < -0.3 is 20.1 Å². The first-order valence-electron chi connectivity index (χ1n) is 11.0. The summed E-state index contributed by atoms with van der Waals surface area (Å²) >= 11 is 0. The van der Waals surface area contributed by atoms with Gasteiger partial charge in [-0.2, -0.15) is 0 Å². The number of aromatic hydroxyl groups is 1. The fourth-order valence-corrected chi connectivity index (χ4v) is 6.06. The van der Waals surface area contributed by atoms with Crippen molar-refractivity contribution >= 4 is 10.9 Å². The molecule has 0 amide bonds. The monoisotopic (exact) mass is 406 g/mol. The van der Waals surface area contributed by atoms with E-state index in [2.05, 4.69) is 9.88 Å². The minimum absolute atomic E-state index is 0.220. The Morgan fingerprint density at radius 3 is 2.77 bits per heavy atom. The molecule has 156 valence electrons. The van der Waals surface area contributed by atoms with E-state index in [1.807, 2.05) is 18.2 Å². The van der Waals surface area contributed by atoms with E-state index < -0.39 is 11.0 Å². The summed E-state index contributed by atoms with van der Waals surface area (Å²) in [4.78, 5) is 5.84. The molecule has 2 aromatic carbocycles. The van der Waals surface area contributed by atoms with Crippen LogP contribution in [-0.4, -0.2) is 45.3 Å². The maximum atomic E-state index is 14.7. The molecule has 2 heterocycles. The molecule has 1 saturated carbocycles. The van der Waals surface area contributed by atoms with E-state index in [1.54, 1.807) is 18.2 Å². The largest absolute Gasteiger partial charge is 0.508 e. The molecule has 2 unspecified atom stereocenters. The van der Waals surface area contributed by atoms with Crippen LogP contribution >= 0.6 is 0 Å². The average Bonchev–Trinajstić information content (AvgIpc) is 3.45. The Balaban J connectivity index is 1.51. The fraction of sp³-hybridized carbons (Fsp3) is 0.440. The average molecular weight is 407 g/mol. The number of aliphatic hydroxyl groups is 1. The topological polar surface area (TPSA) is 59.5 Å². The van der Waals surface area contributed by atoms with E-state index in [9.17, 15) is 14.6 Å². The molecule has 1 aromatic heterocycles. The molecule has 0 bridgehead atoms. The molecule has 2 atom stereocenters. The second-order valence-electron chi connectivity index (χ2n) is 9.69. The van der Waals surface area contributed by atoms with Gasteiger partial charge in [-0.15, -0.1) is 0 Å². The van der Waals surface area contributed by atoms with E-state index in [1.165, 1.54) is 18.9 Å². The molecule has 1 saturated heterocycles. The molecule has 6 rings (SSSR count). The number of benzene rings is 2. The van der Waals surface area contributed by atoms with Crippen LogP contribution in [0.15, 0.2) is 42.5 Å². The van der Waals surface area contributed by atoms with Gasteiger partial charge in [0.15, 0.2) is 0 Å². The summed E-state index contributed by atoms with van der Waals surface area (Å²) in [5.41, 5.74) is 2.17. The minimum Gasteiger partial charge on any atom is -0.508 e. The summed E-state index contributed by atoms with van der Waals surface area (Å²) in [7, 11) is 0. The number of halogens is 1. The number of aromatic nitrogens is 1. The number of piperidine rings is 1. The van der Waals surface area contributed by atoms with E-state index >= 15 is 0 Å².